The van der Waals surface area contributed by atoms with E-state index in [2.05, 4.69) is 5.32 Å². The number of aryl methyl sites for hydroxylation is 1. The van der Waals surface area contributed by atoms with Crippen LogP contribution >= 0.6 is 0 Å². The fourth-order valence-electron chi connectivity index (χ4n) is 2.41. The number of nitrogens with one attached hydrogen (secondary N) is 1. The normalized spacial score (nSPS) is 13.0. The summed E-state index contributed by atoms with van der Waals surface area (Å²) in [5.74, 6) is -1.08. The molecule has 0 fully saturated rings. The van der Waals surface area contributed by atoms with Gasteiger partial charge in [-0.1, -0.05) is 55.0 Å². The highest BCUT2D eigenvalue weighted by Crippen LogP contribution is 2.21. The van der Waals surface area contributed by atoms with E-state index in [0.717, 1.165) is 11.1 Å². The fourth-order valence-corrected chi connectivity index (χ4v) is 2.41. The van der Waals surface area contributed by atoms with E-state index in [1.54, 1.807) is 6.92 Å². The summed E-state index contributed by atoms with van der Waals surface area (Å²) in [5, 5.41) is 2.75. The molecule has 0 spiro atoms. The van der Waals surface area contributed by atoms with Crippen molar-refractivity contribution in [3.8, 4) is 0 Å². The maximum atomic E-state index is 12.4. The molecule has 2 aromatic rings. The monoisotopic (exact) mass is 325 g/mol. The van der Waals surface area contributed by atoms with Gasteiger partial charge in [0, 0.05) is 5.69 Å². The number of hydrogen-bond donors (Lipinski definition) is 1. The van der Waals surface area contributed by atoms with Crippen LogP contribution in [0, 0.1) is 6.92 Å². The Kier molecular flexibility index (Phi) is 6.13. The van der Waals surface area contributed by atoms with Gasteiger partial charge in [0.1, 0.15) is 0 Å². The minimum atomic E-state index is -0.850. The van der Waals surface area contributed by atoms with Crippen molar-refractivity contribution in [2.75, 3.05) is 5.32 Å². The molecule has 0 heterocycles. The van der Waals surface area contributed by atoms with Crippen LogP contribution in [0.25, 0.3) is 0 Å². The highest BCUT2D eigenvalue weighted by atomic mass is 16.5. The molecule has 24 heavy (non-hydrogen) atoms. The molecule has 4 nitrogen and oxygen atoms in total. The molecule has 0 saturated carbocycles. The first-order chi connectivity index (χ1) is 11.5. The van der Waals surface area contributed by atoms with Gasteiger partial charge in [-0.05, 0) is 38.0 Å². The smallest absolute Gasteiger partial charge is 0.314 e. The van der Waals surface area contributed by atoms with E-state index in [9.17, 15) is 9.59 Å². The van der Waals surface area contributed by atoms with Gasteiger partial charge in [0.15, 0.2) is 6.10 Å². The molecule has 2 aromatic carbocycles. The number of hydrogen-bond acceptors (Lipinski definition) is 3. The lowest BCUT2D eigenvalue weighted by atomic mass is 9.97. The average Bonchev–Trinajstić information content (AvgIpc) is 2.58. The highest BCUT2D eigenvalue weighted by molar-refractivity contribution is 5.95. The van der Waals surface area contributed by atoms with Gasteiger partial charge in [-0.2, -0.15) is 0 Å². The Morgan fingerprint density at radius 2 is 1.67 bits per heavy atom. The molecule has 2 atom stereocenters. The number of carbonyl (C=O) groups is 2. The predicted octanol–water partition coefficient (Wildman–Crippen LogP) is 4.06. The number of benzene rings is 2. The third-order valence-corrected chi connectivity index (χ3v) is 3.88. The molecule has 0 aliphatic carbocycles. The summed E-state index contributed by atoms with van der Waals surface area (Å²) in [7, 11) is 0. The zero-order chi connectivity index (χ0) is 17.5. The minimum absolute atomic E-state index is 0.338. The lowest BCUT2D eigenvalue weighted by Crippen LogP contribution is -2.31. The van der Waals surface area contributed by atoms with E-state index in [0.29, 0.717) is 12.1 Å². The molecular formula is C20H23NO3. The summed E-state index contributed by atoms with van der Waals surface area (Å²) in [6, 6.07) is 16.9. The molecule has 4 heteroatoms. The molecule has 1 amide bonds. The summed E-state index contributed by atoms with van der Waals surface area (Å²) < 4.78 is 5.36. The van der Waals surface area contributed by atoms with Gasteiger partial charge in [0.2, 0.25) is 0 Å². The Morgan fingerprint density at radius 1 is 1.04 bits per heavy atom. The SMILES string of the molecule is CCC(C(=O)OC(C)C(=O)Nc1ccc(C)cc1)c1ccccc1. The van der Waals surface area contributed by atoms with Crippen molar-refractivity contribution in [1.29, 1.82) is 0 Å². The van der Waals surface area contributed by atoms with Gasteiger partial charge in [0.25, 0.3) is 5.91 Å². The number of ether oxygens (including phenoxy) is 1. The van der Waals surface area contributed by atoms with E-state index in [-0.39, 0.29) is 17.8 Å². The molecule has 0 aliphatic heterocycles. The van der Waals surface area contributed by atoms with Gasteiger partial charge in [-0.15, -0.1) is 0 Å². The van der Waals surface area contributed by atoms with Crippen molar-refractivity contribution < 1.29 is 14.3 Å². The van der Waals surface area contributed by atoms with Crippen LogP contribution in [-0.4, -0.2) is 18.0 Å². The maximum Gasteiger partial charge on any atom is 0.314 e. The number of amides is 1. The van der Waals surface area contributed by atoms with E-state index in [4.69, 9.17) is 4.74 Å². The zero-order valence-electron chi connectivity index (χ0n) is 14.3. The molecule has 1 N–H and O–H groups in total. The average molecular weight is 325 g/mol. The summed E-state index contributed by atoms with van der Waals surface area (Å²) in [6.45, 7) is 5.49. The number of anilines is 1. The van der Waals surface area contributed by atoms with Crippen LogP contribution in [0.5, 0.6) is 0 Å². The minimum Gasteiger partial charge on any atom is -0.452 e. The highest BCUT2D eigenvalue weighted by Gasteiger charge is 2.25. The van der Waals surface area contributed by atoms with Crippen LogP contribution < -0.4 is 5.32 Å². The summed E-state index contributed by atoms with van der Waals surface area (Å²) in [4.78, 5) is 24.6. The Morgan fingerprint density at radius 3 is 2.25 bits per heavy atom. The molecule has 0 radical (unpaired) electrons. The molecule has 126 valence electrons. The fraction of sp³-hybridized carbons (Fsp3) is 0.300. The number of esters is 1. The van der Waals surface area contributed by atoms with Crippen molar-refractivity contribution in [2.45, 2.75) is 39.2 Å². The molecule has 0 aromatic heterocycles. The summed E-state index contributed by atoms with van der Waals surface area (Å²) in [5.41, 5.74) is 2.70. The first kappa shape index (κ1) is 17.7. The summed E-state index contributed by atoms with van der Waals surface area (Å²) >= 11 is 0. The number of carbonyl (C=O) groups excluding carboxylic acids is 2. The Hall–Kier alpha value is -2.62. The van der Waals surface area contributed by atoms with Crippen LogP contribution in [0.4, 0.5) is 5.69 Å². The van der Waals surface area contributed by atoms with Crippen molar-refractivity contribution in [2.24, 2.45) is 0 Å². The molecule has 0 saturated heterocycles. The molecule has 2 rings (SSSR count). The van der Waals surface area contributed by atoms with E-state index in [1.165, 1.54) is 0 Å². The van der Waals surface area contributed by atoms with E-state index < -0.39 is 6.10 Å². The van der Waals surface area contributed by atoms with Gasteiger partial charge in [-0.3, -0.25) is 9.59 Å². The van der Waals surface area contributed by atoms with Crippen LogP contribution in [0.1, 0.15) is 37.3 Å². The van der Waals surface area contributed by atoms with Gasteiger partial charge in [0.05, 0.1) is 5.92 Å². The van der Waals surface area contributed by atoms with Crippen LogP contribution in [0.2, 0.25) is 0 Å². The first-order valence-corrected chi connectivity index (χ1v) is 8.14. The van der Waals surface area contributed by atoms with Crippen molar-refractivity contribution in [1.82, 2.24) is 0 Å². The third-order valence-electron chi connectivity index (χ3n) is 3.88. The van der Waals surface area contributed by atoms with Crippen LogP contribution in [0.3, 0.4) is 0 Å². The Balaban J connectivity index is 1.97. The van der Waals surface area contributed by atoms with Gasteiger partial charge < -0.3 is 10.1 Å². The molecular weight excluding hydrogens is 302 g/mol. The standard InChI is InChI=1S/C20H23NO3/c1-4-18(16-8-6-5-7-9-16)20(23)24-15(3)19(22)21-17-12-10-14(2)11-13-17/h5-13,15,18H,4H2,1-3H3,(H,21,22). The van der Waals surface area contributed by atoms with E-state index in [1.807, 2.05) is 68.4 Å². The van der Waals surface area contributed by atoms with Crippen molar-refractivity contribution in [3.63, 3.8) is 0 Å². The second kappa shape index (κ2) is 8.29. The van der Waals surface area contributed by atoms with Crippen LogP contribution in [0.15, 0.2) is 54.6 Å². The van der Waals surface area contributed by atoms with Crippen molar-refractivity contribution >= 4 is 17.6 Å². The van der Waals surface area contributed by atoms with E-state index >= 15 is 0 Å². The zero-order valence-corrected chi connectivity index (χ0v) is 14.3. The first-order valence-electron chi connectivity index (χ1n) is 8.14. The van der Waals surface area contributed by atoms with Crippen molar-refractivity contribution in [3.05, 3.63) is 65.7 Å². The summed E-state index contributed by atoms with van der Waals surface area (Å²) in [6.07, 6.45) is -0.230. The third kappa shape index (κ3) is 4.69. The van der Waals surface area contributed by atoms with Crippen LogP contribution in [-0.2, 0) is 14.3 Å². The lowest BCUT2D eigenvalue weighted by Gasteiger charge is -2.18. The topological polar surface area (TPSA) is 55.4 Å². The maximum absolute atomic E-state index is 12.4. The largest absolute Gasteiger partial charge is 0.452 e. The van der Waals surface area contributed by atoms with Gasteiger partial charge in [-0.25, -0.2) is 0 Å². The Labute approximate surface area is 142 Å². The molecule has 0 bridgehead atoms. The molecule has 2 unspecified atom stereocenters. The quantitative estimate of drug-likeness (QED) is 0.815. The Bertz CT molecular complexity index is 680. The predicted molar refractivity (Wildman–Crippen MR) is 94.8 cm³/mol. The second-order valence-corrected chi connectivity index (χ2v) is 5.81. The lowest BCUT2D eigenvalue weighted by molar-refractivity contribution is -0.154. The molecule has 0 aliphatic rings. The number of rotatable bonds is 6. The van der Waals surface area contributed by atoms with Gasteiger partial charge >= 0.3 is 5.97 Å². The second-order valence-electron chi connectivity index (χ2n) is 5.81.